The molecule has 21 heavy (non-hydrogen) atoms. The molecule has 4 nitrogen and oxygen atoms in total. The summed E-state index contributed by atoms with van der Waals surface area (Å²) in [5, 5.41) is 0. The number of anilines is 2. The van der Waals surface area contributed by atoms with Crippen LogP contribution in [0.25, 0.3) is 5.69 Å². The van der Waals surface area contributed by atoms with E-state index in [9.17, 15) is 0 Å². The molecule has 4 rings (SSSR count). The minimum absolute atomic E-state index is 0.527. The molecule has 0 bridgehead atoms. The Balaban J connectivity index is 1.90. The molecule has 0 atom stereocenters. The van der Waals surface area contributed by atoms with Gasteiger partial charge in [-0.25, -0.2) is 4.90 Å². The molecule has 2 aromatic carbocycles. The molecule has 1 aliphatic rings. The molecule has 3 aromatic rings. The first-order valence-corrected chi connectivity index (χ1v) is 7.01. The van der Waals surface area contributed by atoms with Crippen molar-refractivity contribution in [3.05, 3.63) is 61.0 Å². The number of aromatic nitrogens is 1. The van der Waals surface area contributed by atoms with Crippen LogP contribution in [-0.4, -0.2) is 6.54 Å². The summed E-state index contributed by atoms with van der Waals surface area (Å²) in [6, 6.07) is 18.1. The number of oxazole rings is 1. The summed E-state index contributed by atoms with van der Waals surface area (Å²) < 4.78 is 13.5. The second kappa shape index (κ2) is 4.66. The van der Waals surface area contributed by atoms with Gasteiger partial charge in [0.15, 0.2) is 11.4 Å². The fourth-order valence-electron chi connectivity index (χ4n) is 2.68. The Bertz CT molecular complexity index is 780. The predicted octanol–water partition coefficient (Wildman–Crippen LogP) is 3.82. The van der Waals surface area contributed by atoms with Gasteiger partial charge in [0.05, 0.1) is 6.54 Å². The molecule has 1 aliphatic heterocycles. The van der Waals surface area contributed by atoms with Gasteiger partial charge < -0.3 is 9.15 Å². The maximum atomic E-state index is 5.88. The third-order valence-electron chi connectivity index (χ3n) is 3.64. The van der Waals surface area contributed by atoms with E-state index in [1.54, 1.807) is 6.39 Å². The van der Waals surface area contributed by atoms with Crippen LogP contribution in [0.1, 0.15) is 6.92 Å². The summed E-state index contributed by atoms with van der Waals surface area (Å²) in [4.78, 5) is 2.20. The van der Waals surface area contributed by atoms with Gasteiger partial charge in [0.2, 0.25) is 0 Å². The molecule has 0 amide bonds. The second-order valence-electron chi connectivity index (χ2n) is 4.85. The van der Waals surface area contributed by atoms with Gasteiger partial charge in [-0.2, -0.15) is 4.57 Å². The SMILES string of the molecule is CCN1c2ccccc2Oc2oc[n+](-c3ccccc3)c21. The number of nitrogens with zero attached hydrogens (tertiary/aromatic N) is 2. The minimum Gasteiger partial charge on any atom is -0.415 e. The third-order valence-corrected chi connectivity index (χ3v) is 3.64. The number of fused-ring (bicyclic) bond motifs is 2. The lowest BCUT2D eigenvalue weighted by molar-refractivity contribution is -0.586. The average molecular weight is 279 g/mol. The summed E-state index contributed by atoms with van der Waals surface area (Å²) in [6.45, 7) is 2.95. The zero-order chi connectivity index (χ0) is 14.2. The molecule has 104 valence electrons. The smallest absolute Gasteiger partial charge is 0.388 e. The zero-order valence-electron chi connectivity index (χ0n) is 11.7. The normalized spacial score (nSPS) is 12.5. The van der Waals surface area contributed by atoms with E-state index >= 15 is 0 Å². The second-order valence-corrected chi connectivity index (χ2v) is 4.85. The van der Waals surface area contributed by atoms with Crippen molar-refractivity contribution in [1.82, 2.24) is 0 Å². The number of para-hydroxylation sites is 3. The fourth-order valence-corrected chi connectivity index (χ4v) is 2.68. The molecule has 0 radical (unpaired) electrons. The van der Waals surface area contributed by atoms with Gasteiger partial charge in [-0.3, -0.25) is 0 Å². The van der Waals surface area contributed by atoms with Crippen LogP contribution in [0.5, 0.6) is 11.7 Å². The van der Waals surface area contributed by atoms with E-state index in [2.05, 4.69) is 17.9 Å². The van der Waals surface area contributed by atoms with Gasteiger partial charge in [-0.15, -0.1) is 0 Å². The lowest BCUT2D eigenvalue weighted by atomic mass is 10.2. The highest BCUT2D eigenvalue weighted by molar-refractivity contribution is 5.72. The number of rotatable bonds is 2. The highest BCUT2D eigenvalue weighted by atomic mass is 16.6. The number of hydrogen-bond acceptors (Lipinski definition) is 3. The molecule has 0 aliphatic carbocycles. The predicted molar refractivity (Wildman–Crippen MR) is 79.4 cm³/mol. The molecule has 0 spiro atoms. The fraction of sp³-hybridized carbons (Fsp3) is 0.118. The third kappa shape index (κ3) is 1.80. The monoisotopic (exact) mass is 279 g/mol. The van der Waals surface area contributed by atoms with Crippen molar-refractivity contribution < 1.29 is 13.7 Å². The summed E-state index contributed by atoms with van der Waals surface area (Å²) in [6.07, 6.45) is 1.69. The first-order valence-electron chi connectivity index (χ1n) is 7.01. The average Bonchev–Trinajstić information content (AvgIpc) is 2.97. The Kier molecular flexibility index (Phi) is 2.67. The highest BCUT2D eigenvalue weighted by Gasteiger charge is 2.37. The van der Waals surface area contributed by atoms with E-state index in [4.69, 9.17) is 9.15 Å². The maximum Gasteiger partial charge on any atom is 0.388 e. The van der Waals surface area contributed by atoms with Gasteiger partial charge in [0.25, 0.3) is 6.39 Å². The van der Waals surface area contributed by atoms with Crippen molar-refractivity contribution in [2.45, 2.75) is 6.92 Å². The Morgan fingerprint density at radius 1 is 1.00 bits per heavy atom. The van der Waals surface area contributed by atoms with Crippen LogP contribution in [-0.2, 0) is 0 Å². The van der Waals surface area contributed by atoms with Crippen LogP contribution in [0.2, 0.25) is 0 Å². The van der Waals surface area contributed by atoms with Crippen molar-refractivity contribution in [3.8, 4) is 17.4 Å². The summed E-state index contributed by atoms with van der Waals surface area (Å²) in [5.74, 6) is 2.27. The zero-order valence-corrected chi connectivity index (χ0v) is 11.7. The molecule has 0 fully saturated rings. The van der Waals surface area contributed by atoms with Crippen molar-refractivity contribution in [2.75, 3.05) is 11.4 Å². The topological polar surface area (TPSA) is 29.5 Å². The van der Waals surface area contributed by atoms with Gasteiger partial charge in [-0.05, 0) is 31.2 Å². The van der Waals surface area contributed by atoms with Crippen molar-refractivity contribution in [1.29, 1.82) is 0 Å². The highest BCUT2D eigenvalue weighted by Crippen LogP contribution is 2.45. The molecule has 1 aromatic heterocycles. The minimum atomic E-state index is 0.527. The Morgan fingerprint density at radius 2 is 1.76 bits per heavy atom. The van der Waals surface area contributed by atoms with Crippen LogP contribution in [0, 0.1) is 0 Å². The van der Waals surface area contributed by atoms with Crippen LogP contribution in [0.4, 0.5) is 11.5 Å². The molecular formula is C17H15N2O2+. The Hall–Kier alpha value is -2.75. The lowest BCUT2D eigenvalue weighted by Crippen LogP contribution is -2.37. The van der Waals surface area contributed by atoms with Crippen LogP contribution in [0.15, 0.2) is 65.4 Å². The van der Waals surface area contributed by atoms with Crippen molar-refractivity contribution in [3.63, 3.8) is 0 Å². The van der Waals surface area contributed by atoms with Gasteiger partial charge in [0.1, 0.15) is 5.69 Å². The van der Waals surface area contributed by atoms with E-state index in [-0.39, 0.29) is 0 Å². The molecule has 4 heteroatoms. The summed E-state index contributed by atoms with van der Waals surface area (Å²) in [5.41, 5.74) is 2.10. The number of ether oxygens (including phenoxy) is 1. The van der Waals surface area contributed by atoms with E-state index in [1.807, 2.05) is 53.1 Å². The molecule has 0 N–H and O–H groups in total. The summed E-state index contributed by atoms with van der Waals surface area (Å²) >= 11 is 0. The molecule has 0 saturated heterocycles. The number of hydrogen-bond donors (Lipinski definition) is 0. The quantitative estimate of drug-likeness (QED) is 0.668. The van der Waals surface area contributed by atoms with Gasteiger partial charge >= 0.3 is 11.8 Å². The molecule has 2 heterocycles. The van der Waals surface area contributed by atoms with Crippen LogP contribution in [0.3, 0.4) is 0 Å². The summed E-state index contributed by atoms with van der Waals surface area (Å²) in [7, 11) is 0. The van der Waals surface area contributed by atoms with E-state index in [0.717, 1.165) is 29.5 Å². The Labute approximate surface area is 122 Å². The first kappa shape index (κ1) is 12.0. The van der Waals surface area contributed by atoms with Crippen LogP contribution < -0.4 is 14.2 Å². The van der Waals surface area contributed by atoms with Crippen molar-refractivity contribution >= 4 is 11.5 Å². The first-order chi connectivity index (χ1) is 10.4. The van der Waals surface area contributed by atoms with Gasteiger partial charge in [-0.1, -0.05) is 30.3 Å². The lowest BCUT2D eigenvalue weighted by Gasteiger charge is -2.21. The maximum absolute atomic E-state index is 5.88. The molecule has 0 saturated carbocycles. The van der Waals surface area contributed by atoms with E-state index in [1.165, 1.54) is 0 Å². The molecular weight excluding hydrogens is 264 g/mol. The Morgan fingerprint density at radius 3 is 2.57 bits per heavy atom. The van der Waals surface area contributed by atoms with E-state index in [0.29, 0.717) is 5.95 Å². The van der Waals surface area contributed by atoms with Crippen LogP contribution >= 0.6 is 0 Å². The standard InChI is InChI=1S/C17H15N2O2/c1-2-18-14-10-6-7-11-15(14)21-17-16(18)19(12-20-17)13-8-4-3-5-9-13/h3-12H,2H2,1H3/q+1. The largest absolute Gasteiger partial charge is 0.415 e. The molecule has 0 unspecified atom stereocenters. The van der Waals surface area contributed by atoms with E-state index < -0.39 is 0 Å². The van der Waals surface area contributed by atoms with Gasteiger partial charge in [0, 0.05) is 0 Å². The van der Waals surface area contributed by atoms with Crippen molar-refractivity contribution in [2.24, 2.45) is 0 Å². The number of benzene rings is 2.